The Balaban J connectivity index is 1.74. The Hall–Kier alpha value is -2.57. The largest absolute Gasteiger partial charge is 0.492 e. The van der Waals surface area contributed by atoms with Crippen LogP contribution in [0.3, 0.4) is 0 Å². The van der Waals surface area contributed by atoms with Crippen LogP contribution in [0.25, 0.3) is 0 Å². The monoisotopic (exact) mass is 292 g/mol. The molecule has 1 heterocycles. The van der Waals surface area contributed by atoms with Gasteiger partial charge in [0.1, 0.15) is 18.2 Å². The van der Waals surface area contributed by atoms with Crippen LogP contribution in [0, 0.1) is 5.82 Å². The van der Waals surface area contributed by atoms with Crippen molar-refractivity contribution >= 4 is 11.8 Å². The van der Waals surface area contributed by atoms with Gasteiger partial charge in [0.05, 0.1) is 6.54 Å². The van der Waals surface area contributed by atoms with Gasteiger partial charge in [0.2, 0.25) is 0 Å². The second kappa shape index (κ2) is 6.74. The molecule has 6 nitrogen and oxygen atoms in total. The lowest BCUT2D eigenvalue weighted by Gasteiger charge is -2.17. The molecule has 0 aliphatic carbocycles. The van der Waals surface area contributed by atoms with E-state index in [2.05, 4.69) is 10.4 Å². The van der Waals surface area contributed by atoms with Crippen LogP contribution in [0.2, 0.25) is 0 Å². The predicted molar refractivity (Wildman–Crippen MR) is 76.8 cm³/mol. The zero-order chi connectivity index (χ0) is 15.2. The van der Waals surface area contributed by atoms with Crippen molar-refractivity contribution < 1.29 is 13.9 Å². The van der Waals surface area contributed by atoms with E-state index < -0.39 is 0 Å². The van der Waals surface area contributed by atoms with Gasteiger partial charge in [-0.25, -0.2) is 9.18 Å². The van der Waals surface area contributed by atoms with Crippen LogP contribution in [0.4, 0.5) is 15.0 Å². The number of likely N-dealkylation sites (N-methyl/N-ethyl adjacent to an activating group) is 1. The fourth-order valence-corrected chi connectivity index (χ4v) is 1.62. The molecule has 0 unspecified atom stereocenters. The molecule has 0 saturated heterocycles. The number of nitrogens with one attached hydrogen (secondary N) is 1. The highest BCUT2D eigenvalue weighted by molar-refractivity contribution is 5.87. The van der Waals surface area contributed by atoms with Crippen LogP contribution < -0.4 is 10.1 Å². The minimum absolute atomic E-state index is 0.267. The molecule has 1 aromatic heterocycles. The number of aromatic nitrogens is 2. The van der Waals surface area contributed by atoms with Crippen LogP contribution in [0.1, 0.15) is 0 Å². The number of ether oxygens (including phenoxy) is 1. The van der Waals surface area contributed by atoms with Crippen molar-refractivity contribution in [3.05, 3.63) is 42.3 Å². The summed E-state index contributed by atoms with van der Waals surface area (Å²) in [6, 6.07) is 7.18. The second-order valence-corrected chi connectivity index (χ2v) is 4.53. The molecule has 7 heteroatoms. The van der Waals surface area contributed by atoms with E-state index in [0.717, 1.165) is 0 Å². The third kappa shape index (κ3) is 4.48. The van der Waals surface area contributed by atoms with Gasteiger partial charge >= 0.3 is 6.03 Å². The first-order chi connectivity index (χ1) is 10.0. The molecule has 2 amide bonds. The van der Waals surface area contributed by atoms with Crippen molar-refractivity contribution in [2.75, 3.05) is 25.5 Å². The Bertz CT molecular complexity index is 597. The van der Waals surface area contributed by atoms with Crippen LogP contribution in [0.15, 0.2) is 36.5 Å². The molecule has 0 spiro atoms. The lowest BCUT2D eigenvalue weighted by molar-refractivity contribution is 0.207. The number of urea groups is 1. The van der Waals surface area contributed by atoms with Gasteiger partial charge in [0.15, 0.2) is 5.82 Å². The summed E-state index contributed by atoms with van der Waals surface area (Å²) in [6.07, 6.45) is 1.74. The first-order valence-corrected chi connectivity index (χ1v) is 6.45. The summed E-state index contributed by atoms with van der Waals surface area (Å²) in [5.41, 5.74) is 0. The van der Waals surface area contributed by atoms with Gasteiger partial charge in [-0.15, -0.1) is 0 Å². The zero-order valence-corrected chi connectivity index (χ0v) is 11.9. The van der Waals surface area contributed by atoms with E-state index in [4.69, 9.17) is 4.74 Å². The smallest absolute Gasteiger partial charge is 0.322 e. The van der Waals surface area contributed by atoms with Gasteiger partial charge in [0.25, 0.3) is 0 Å². The van der Waals surface area contributed by atoms with Gasteiger partial charge in [0, 0.05) is 26.4 Å². The quantitative estimate of drug-likeness (QED) is 0.918. The van der Waals surface area contributed by atoms with Crippen molar-refractivity contribution in [2.24, 2.45) is 7.05 Å². The Labute approximate surface area is 122 Å². The van der Waals surface area contributed by atoms with Crippen molar-refractivity contribution in [2.45, 2.75) is 0 Å². The number of carbonyl (C=O) groups is 1. The van der Waals surface area contributed by atoms with Crippen molar-refractivity contribution in [3.63, 3.8) is 0 Å². The van der Waals surface area contributed by atoms with Gasteiger partial charge in [-0.1, -0.05) is 0 Å². The van der Waals surface area contributed by atoms with Crippen molar-refractivity contribution in [1.82, 2.24) is 14.7 Å². The fraction of sp³-hybridized carbons (Fsp3) is 0.286. The highest BCUT2D eigenvalue weighted by Crippen LogP contribution is 2.10. The number of rotatable bonds is 5. The summed E-state index contributed by atoms with van der Waals surface area (Å²) >= 11 is 0. The number of anilines is 1. The standard InChI is InChI=1S/C14H17FN4O2/c1-18(14(20)16-13-7-8-19(2)17-13)9-10-21-12-5-3-11(15)4-6-12/h3-8H,9-10H2,1-2H3,(H,16,17,20). The van der Waals surface area contributed by atoms with Gasteiger partial charge in [-0.2, -0.15) is 5.10 Å². The predicted octanol–water partition coefficient (Wildman–Crippen LogP) is 2.10. The molecule has 0 aliphatic rings. The van der Waals surface area contributed by atoms with Gasteiger partial charge in [-0.3, -0.25) is 10.00 Å². The molecule has 2 rings (SSSR count). The number of hydrogen-bond donors (Lipinski definition) is 1. The van der Waals surface area contributed by atoms with E-state index in [9.17, 15) is 9.18 Å². The molecule has 0 atom stereocenters. The van der Waals surface area contributed by atoms with E-state index in [1.807, 2.05) is 0 Å². The van der Waals surface area contributed by atoms with E-state index in [-0.39, 0.29) is 11.8 Å². The van der Waals surface area contributed by atoms with Gasteiger partial charge < -0.3 is 9.64 Å². The summed E-state index contributed by atoms with van der Waals surface area (Å²) in [6.45, 7) is 0.716. The molecule has 0 fully saturated rings. The van der Waals surface area contributed by atoms with Crippen LogP contribution >= 0.6 is 0 Å². The average Bonchev–Trinajstić information content (AvgIpc) is 2.86. The van der Waals surface area contributed by atoms with E-state index in [1.165, 1.54) is 17.0 Å². The Kier molecular flexibility index (Phi) is 4.76. The molecule has 1 aromatic carbocycles. The molecule has 1 N–H and O–H groups in total. The summed E-state index contributed by atoms with van der Waals surface area (Å²) < 4.78 is 19.8. The Morgan fingerprint density at radius 3 is 2.71 bits per heavy atom. The summed E-state index contributed by atoms with van der Waals surface area (Å²) in [7, 11) is 3.43. The molecular formula is C14H17FN4O2. The minimum atomic E-state index is -0.311. The maximum absolute atomic E-state index is 12.7. The first-order valence-electron chi connectivity index (χ1n) is 6.45. The normalized spacial score (nSPS) is 10.2. The van der Waals surface area contributed by atoms with E-state index in [0.29, 0.717) is 24.7 Å². The second-order valence-electron chi connectivity index (χ2n) is 4.53. The summed E-state index contributed by atoms with van der Waals surface area (Å²) in [5.74, 6) is 0.748. The van der Waals surface area contributed by atoms with Crippen LogP contribution in [-0.4, -0.2) is 40.9 Å². The number of nitrogens with zero attached hydrogens (tertiary/aromatic N) is 3. The Morgan fingerprint density at radius 1 is 1.38 bits per heavy atom. The first kappa shape index (κ1) is 14.8. The van der Waals surface area contributed by atoms with Crippen molar-refractivity contribution in [1.29, 1.82) is 0 Å². The number of carbonyl (C=O) groups excluding carboxylic acids is 1. The number of aryl methyl sites for hydroxylation is 1. The minimum Gasteiger partial charge on any atom is -0.492 e. The fourth-order valence-electron chi connectivity index (χ4n) is 1.62. The third-order valence-electron chi connectivity index (χ3n) is 2.80. The lowest BCUT2D eigenvalue weighted by Crippen LogP contribution is -2.34. The summed E-state index contributed by atoms with van der Waals surface area (Å²) in [5, 5.41) is 6.73. The molecule has 21 heavy (non-hydrogen) atoms. The number of amides is 2. The highest BCUT2D eigenvalue weighted by Gasteiger charge is 2.10. The van der Waals surface area contributed by atoms with Gasteiger partial charge in [-0.05, 0) is 24.3 Å². The maximum atomic E-state index is 12.7. The molecule has 112 valence electrons. The van der Waals surface area contributed by atoms with Crippen LogP contribution in [-0.2, 0) is 7.05 Å². The molecule has 0 radical (unpaired) electrons. The Morgan fingerprint density at radius 2 is 2.10 bits per heavy atom. The van der Waals surface area contributed by atoms with E-state index >= 15 is 0 Å². The zero-order valence-electron chi connectivity index (χ0n) is 11.9. The van der Waals surface area contributed by atoms with Crippen molar-refractivity contribution in [3.8, 4) is 5.75 Å². The number of hydrogen-bond acceptors (Lipinski definition) is 3. The van der Waals surface area contributed by atoms with Crippen LogP contribution in [0.5, 0.6) is 5.75 Å². The summed E-state index contributed by atoms with van der Waals surface area (Å²) in [4.78, 5) is 13.4. The lowest BCUT2D eigenvalue weighted by atomic mass is 10.3. The van der Waals surface area contributed by atoms with E-state index in [1.54, 1.807) is 43.2 Å². The molecule has 0 aliphatic heterocycles. The average molecular weight is 292 g/mol. The molecular weight excluding hydrogens is 275 g/mol. The number of benzene rings is 1. The maximum Gasteiger partial charge on any atom is 0.322 e. The molecule has 2 aromatic rings. The SMILES string of the molecule is CN(CCOc1ccc(F)cc1)C(=O)Nc1ccn(C)n1. The highest BCUT2D eigenvalue weighted by atomic mass is 19.1. The molecule has 0 saturated carbocycles. The third-order valence-corrected chi connectivity index (χ3v) is 2.80. The number of halogens is 1. The topological polar surface area (TPSA) is 59.4 Å². The molecule has 0 bridgehead atoms.